The molecular formula is C23H30ClN7O4. The summed E-state index contributed by atoms with van der Waals surface area (Å²) in [4.78, 5) is 28.2. The number of halogens is 1. The number of ether oxygens (including phenoxy) is 2. The molecule has 0 saturated carbocycles. The van der Waals surface area contributed by atoms with Crippen molar-refractivity contribution in [3.05, 3.63) is 33.8 Å². The SMILES string of the molecule is COCC(CO)N(c1ncc(Cl)c(Nc2cnc3c(c2)c2c(c(=O)n3C)OCCCN2)n1)C(C)C. The second kappa shape index (κ2) is 10.6. The lowest BCUT2D eigenvalue weighted by atomic mass is 10.2. The molecule has 3 aromatic rings. The van der Waals surface area contributed by atoms with Gasteiger partial charge in [0.15, 0.2) is 5.82 Å². The van der Waals surface area contributed by atoms with E-state index in [9.17, 15) is 9.90 Å². The summed E-state index contributed by atoms with van der Waals surface area (Å²) in [6, 6.07) is 1.56. The van der Waals surface area contributed by atoms with E-state index in [0.717, 1.165) is 11.8 Å². The molecule has 1 unspecified atom stereocenters. The summed E-state index contributed by atoms with van der Waals surface area (Å²) in [5, 5.41) is 17.5. The zero-order valence-corrected chi connectivity index (χ0v) is 21.0. The van der Waals surface area contributed by atoms with E-state index in [0.29, 0.717) is 59.3 Å². The molecule has 0 fully saturated rings. The van der Waals surface area contributed by atoms with Gasteiger partial charge in [0.2, 0.25) is 11.7 Å². The topological polar surface area (TPSA) is 127 Å². The Labute approximate surface area is 208 Å². The van der Waals surface area contributed by atoms with Gasteiger partial charge in [-0.15, -0.1) is 0 Å². The van der Waals surface area contributed by atoms with E-state index in [1.54, 1.807) is 20.4 Å². The lowest BCUT2D eigenvalue weighted by Gasteiger charge is -2.33. The fraction of sp³-hybridized carbons (Fsp3) is 0.478. The second-order valence-electron chi connectivity index (χ2n) is 8.58. The van der Waals surface area contributed by atoms with Crippen molar-refractivity contribution in [2.24, 2.45) is 7.05 Å². The van der Waals surface area contributed by atoms with Gasteiger partial charge < -0.3 is 30.1 Å². The molecule has 1 aliphatic rings. The van der Waals surface area contributed by atoms with Gasteiger partial charge in [-0.25, -0.2) is 9.97 Å². The molecule has 1 atom stereocenters. The number of nitrogens with one attached hydrogen (secondary N) is 2. The molecule has 3 aromatic heterocycles. The molecule has 0 aliphatic carbocycles. The van der Waals surface area contributed by atoms with Crippen molar-refractivity contribution >= 4 is 45.8 Å². The van der Waals surface area contributed by atoms with Crippen LogP contribution in [0.25, 0.3) is 11.0 Å². The molecule has 0 aromatic carbocycles. The fourth-order valence-electron chi connectivity index (χ4n) is 4.16. The number of rotatable bonds is 8. The van der Waals surface area contributed by atoms with Crippen molar-refractivity contribution in [2.45, 2.75) is 32.4 Å². The maximum absolute atomic E-state index is 12.8. The number of pyridine rings is 2. The normalized spacial score (nSPS) is 14.1. The van der Waals surface area contributed by atoms with E-state index in [4.69, 9.17) is 21.1 Å². The van der Waals surface area contributed by atoms with E-state index in [1.165, 1.54) is 10.8 Å². The van der Waals surface area contributed by atoms with Gasteiger partial charge in [-0.3, -0.25) is 9.36 Å². The zero-order valence-electron chi connectivity index (χ0n) is 20.2. The fourth-order valence-corrected chi connectivity index (χ4v) is 4.30. The molecule has 0 radical (unpaired) electrons. The molecule has 0 saturated heterocycles. The number of anilines is 4. The number of methoxy groups -OCH3 is 1. The van der Waals surface area contributed by atoms with Crippen LogP contribution in [0.4, 0.5) is 23.1 Å². The lowest BCUT2D eigenvalue weighted by Crippen LogP contribution is -2.46. The van der Waals surface area contributed by atoms with Crippen molar-refractivity contribution in [1.82, 2.24) is 19.5 Å². The molecule has 188 valence electrons. The van der Waals surface area contributed by atoms with Crippen LogP contribution in [0.1, 0.15) is 20.3 Å². The minimum Gasteiger partial charge on any atom is -0.486 e. The summed E-state index contributed by atoms with van der Waals surface area (Å²) < 4.78 is 12.5. The molecular weight excluding hydrogens is 474 g/mol. The highest BCUT2D eigenvalue weighted by Gasteiger charge is 2.25. The van der Waals surface area contributed by atoms with Crippen molar-refractivity contribution in [2.75, 3.05) is 49.0 Å². The van der Waals surface area contributed by atoms with Crippen LogP contribution in [0.15, 0.2) is 23.3 Å². The predicted molar refractivity (Wildman–Crippen MR) is 136 cm³/mol. The third-order valence-electron chi connectivity index (χ3n) is 5.79. The Balaban J connectivity index is 1.74. The summed E-state index contributed by atoms with van der Waals surface area (Å²) >= 11 is 6.43. The highest BCUT2D eigenvalue weighted by Crippen LogP contribution is 2.33. The number of aliphatic hydroxyl groups is 1. The van der Waals surface area contributed by atoms with Crippen molar-refractivity contribution in [3.8, 4) is 5.75 Å². The third-order valence-corrected chi connectivity index (χ3v) is 6.07. The largest absolute Gasteiger partial charge is 0.486 e. The highest BCUT2D eigenvalue weighted by molar-refractivity contribution is 6.32. The molecule has 3 N–H and O–H groups in total. The quantitative estimate of drug-likeness (QED) is 0.422. The summed E-state index contributed by atoms with van der Waals surface area (Å²) in [6.07, 6.45) is 3.92. The summed E-state index contributed by atoms with van der Waals surface area (Å²) in [5.74, 6) is 1.08. The standard InChI is InChI=1S/C23H30ClN7O4/c1-13(2)31(15(11-32)12-34-4)23-27-10-17(24)20(29-23)28-14-8-16-18-19(35-7-5-6-25-18)22(33)30(3)21(16)26-9-14/h8-10,13,15,25,32H,5-7,11-12H2,1-4H3,(H,27,28,29). The Kier molecular flexibility index (Phi) is 7.58. The predicted octanol–water partition coefficient (Wildman–Crippen LogP) is 2.54. The Bertz CT molecular complexity index is 1270. The minimum absolute atomic E-state index is 0.00137. The van der Waals surface area contributed by atoms with Crippen LogP contribution in [0, 0.1) is 0 Å². The van der Waals surface area contributed by atoms with E-state index in [1.807, 2.05) is 24.8 Å². The van der Waals surface area contributed by atoms with Gasteiger partial charge in [0, 0.05) is 32.1 Å². The first kappa shape index (κ1) is 25.0. The number of aliphatic hydroxyl groups excluding tert-OH is 1. The molecule has 11 nitrogen and oxygen atoms in total. The third kappa shape index (κ3) is 4.97. The number of hydrogen-bond acceptors (Lipinski definition) is 10. The molecule has 0 spiro atoms. The number of nitrogens with zero attached hydrogens (tertiary/aromatic N) is 5. The van der Waals surface area contributed by atoms with E-state index in [-0.39, 0.29) is 24.2 Å². The van der Waals surface area contributed by atoms with Crippen LogP contribution in [-0.4, -0.2) is 70.2 Å². The number of fused-ring (bicyclic) bond motifs is 3. The van der Waals surface area contributed by atoms with Crippen LogP contribution in [0.5, 0.6) is 5.75 Å². The van der Waals surface area contributed by atoms with Crippen molar-refractivity contribution in [1.29, 1.82) is 0 Å². The number of aryl methyl sites for hydroxylation is 1. The Morgan fingerprint density at radius 1 is 1.37 bits per heavy atom. The summed E-state index contributed by atoms with van der Waals surface area (Å²) in [5.41, 5.74) is 1.55. The van der Waals surface area contributed by atoms with Crippen LogP contribution in [-0.2, 0) is 11.8 Å². The Morgan fingerprint density at radius 2 is 2.17 bits per heavy atom. The number of aromatic nitrogens is 4. The molecule has 0 bridgehead atoms. The average Bonchev–Trinajstić information content (AvgIpc) is 3.10. The smallest absolute Gasteiger partial charge is 0.296 e. The van der Waals surface area contributed by atoms with E-state index >= 15 is 0 Å². The molecule has 12 heteroatoms. The lowest BCUT2D eigenvalue weighted by molar-refractivity contribution is 0.137. The molecule has 4 rings (SSSR count). The average molecular weight is 504 g/mol. The van der Waals surface area contributed by atoms with Gasteiger partial charge in [0.25, 0.3) is 5.56 Å². The van der Waals surface area contributed by atoms with Gasteiger partial charge in [-0.2, -0.15) is 4.98 Å². The first-order valence-electron chi connectivity index (χ1n) is 11.4. The molecule has 0 amide bonds. The van der Waals surface area contributed by atoms with Crippen molar-refractivity contribution < 1.29 is 14.6 Å². The Hall–Kier alpha value is -3.15. The summed E-state index contributed by atoms with van der Waals surface area (Å²) in [6.45, 7) is 5.33. The monoisotopic (exact) mass is 503 g/mol. The van der Waals surface area contributed by atoms with Gasteiger partial charge >= 0.3 is 0 Å². The first-order valence-corrected chi connectivity index (χ1v) is 11.8. The second-order valence-corrected chi connectivity index (χ2v) is 8.98. The van der Waals surface area contributed by atoms with Gasteiger partial charge in [0.1, 0.15) is 10.7 Å². The summed E-state index contributed by atoms with van der Waals surface area (Å²) in [7, 11) is 3.25. The van der Waals surface area contributed by atoms with Gasteiger partial charge in [-0.1, -0.05) is 11.6 Å². The maximum atomic E-state index is 12.8. The van der Waals surface area contributed by atoms with Gasteiger partial charge in [0.05, 0.1) is 49.6 Å². The Morgan fingerprint density at radius 3 is 2.89 bits per heavy atom. The van der Waals surface area contributed by atoms with Crippen LogP contribution < -0.4 is 25.8 Å². The van der Waals surface area contributed by atoms with Crippen LogP contribution >= 0.6 is 11.6 Å². The van der Waals surface area contributed by atoms with Crippen molar-refractivity contribution in [3.63, 3.8) is 0 Å². The maximum Gasteiger partial charge on any atom is 0.296 e. The molecule has 35 heavy (non-hydrogen) atoms. The van der Waals surface area contributed by atoms with E-state index < -0.39 is 0 Å². The minimum atomic E-state index is -0.320. The zero-order chi connectivity index (χ0) is 25.1. The van der Waals surface area contributed by atoms with E-state index in [2.05, 4.69) is 25.6 Å². The molecule has 1 aliphatic heterocycles. The van der Waals surface area contributed by atoms with Crippen LogP contribution in [0.2, 0.25) is 5.02 Å². The number of hydrogen-bond donors (Lipinski definition) is 3. The first-order chi connectivity index (χ1) is 16.8. The highest BCUT2D eigenvalue weighted by atomic mass is 35.5. The molecule has 4 heterocycles. The van der Waals surface area contributed by atoms with Gasteiger partial charge in [-0.05, 0) is 26.3 Å². The van der Waals surface area contributed by atoms with Crippen LogP contribution in [0.3, 0.4) is 0 Å².